The molecular formula is C39H30Br2N2O6. The van der Waals surface area contributed by atoms with Crippen LogP contribution >= 0.6 is 31.9 Å². The van der Waals surface area contributed by atoms with Crippen LogP contribution in [0.4, 0.5) is 16.2 Å². The van der Waals surface area contributed by atoms with Gasteiger partial charge in [0.25, 0.3) is 11.8 Å². The van der Waals surface area contributed by atoms with Crippen molar-refractivity contribution in [3.8, 4) is 17.2 Å². The lowest BCUT2D eigenvalue weighted by Gasteiger charge is -2.34. The number of hydrogen-bond acceptors (Lipinski definition) is 6. The summed E-state index contributed by atoms with van der Waals surface area (Å²) in [5.74, 6) is 0.343. The predicted octanol–water partition coefficient (Wildman–Crippen LogP) is 9.35. The van der Waals surface area contributed by atoms with Crippen molar-refractivity contribution in [2.45, 2.75) is 20.1 Å². The number of nitrogens with zero attached hydrogens (tertiary/aromatic N) is 2. The number of barbiturate groups is 1. The third-order valence-electron chi connectivity index (χ3n) is 7.54. The summed E-state index contributed by atoms with van der Waals surface area (Å²) in [6.07, 6.45) is 1.48. The summed E-state index contributed by atoms with van der Waals surface area (Å²) in [6.45, 7) is 3.04. The molecule has 0 unspecified atom stereocenters. The molecule has 0 saturated carbocycles. The van der Waals surface area contributed by atoms with Crippen molar-refractivity contribution in [3.05, 3.63) is 153 Å². The number of hydrogen-bond donors (Lipinski definition) is 0. The zero-order valence-corrected chi connectivity index (χ0v) is 29.5. The topological polar surface area (TPSA) is 85.4 Å². The Bertz CT molecular complexity index is 1930. The average Bonchev–Trinajstić information content (AvgIpc) is 3.11. The fraction of sp³-hybridized carbons (Fsp3) is 0.103. The smallest absolute Gasteiger partial charge is 0.343 e. The van der Waals surface area contributed by atoms with E-state index in [2.05, 4.69) is 31.9 Å². The van der Waals surface area contributed by atoms with Gasteiger partial charge in [-0.15, -0.1) is 0 Å². The molecular weight excluding hydrogens is 752 g/mol. The standard InChI is InChI=1S/C39H30Br2N2O6/c1-2-47-35-23-27(18-19-34(35)48-24-26-12-6-3-7-13-26)25-49-36-32(40)21-28(22-33(36)41)20-31-37(44)42(29-14-8-4-9-15-29)39(46)43(38(31)45)30-16-10-5-11-17-30/h3-23H,2,24-25H2,1H3. The number of para-hydroxylation sites is 2. The Morgan fingerprint density at radius 2 is 1.12 bits per heavy atom. The molecule has 0 aliphatic carbocycles. The number of benzene rings is 5. The number of halogens is 2. The van der Waals surface area contributed by atoms with Gasteiger partial charge < -0.3 is 14.2 Å². The zero-order valence-electron chi connectivity index (χ0n) is 26.3. The number of urea groups is 1. The van der Waals surface area contributed by atoms with Gasteiger partial charge in [0, 0.05) is 0 Å². The molecule has 6 rings (SSSR count). The second-order valence-electron chi connectivity index (χ2n) is 10.9. The lowest BCUT2D eigenvalue weighted by Crippen LogP contribution is -2.57. The molecule has 1 fully saturated rings. The molecule has 4 amide bonds. The Kier molecular flexibility index (Phi) is 10.6. The van der Waals surface area contributed by atoms with Crippen LogP contribution in [0.1, 0.15) is 23.6 Å². The van der Waals surface area contributed by atoms with Crippen molar-refractivity contribution >= 4 is 67.2 Å². The monoisotopic (exact) mass is 780 g/mol. The number of anilines is 2. The molecule has 0 atom stereocenters. The normalized spacial score (nSPS) is 13.0. The maximum atomic E-state index is 13.8. The van der Waals surface area contributed by atoms with Crippen molar-refractivity contribution in [3.63, 3.8) is 0 Å². The van der Waals surface area contributed by atoms with E-state index in [0.29, 0.717) is 56.3 Å². The number of ether oxygens (including phenoxy) is 3. The van der Waals surface area contributed by atoms with Crippen LogP contribution in [0.25, 0.3) is 6.08 Å². The molecule has 8 nitrogen and oxygen atoms in total. The highest BCUT2D eigenvalue weighted by Crippen LogP contribution is 2.38. The van der Waals surface area contributed by atoms with Gasteiger partial charge in [-0.3, -0.25) is 9.59 Å². The minimum Gasteiger partial charge on any atom is -0.490 e. The van der Waals surface area contributed by atoms with Gasteiger partial charge in [0.15, 0.2) is 11.5 Å². The second kappa shape index (κ2) is 15.4. The van der Waals surface area contributed by atoms with E-state index in [1.807, 2.05) is 55.5 Å². The second-order valence-corrected chi connectivity index (χ2v) is 12.6. The third kappa shape index (κ3) is 7.61. The minimum atomic E-state index is -0.751. The summed E-state index contributed by atoms with van der Waals surface area (Å²) in [4.78, 5) is 43.1. The summed E-state index contributed by atoms with van der Waals surface area (Å²) in [5.41, 5.74) is 3.00. The van der Waals surface area contributed by atoms with Crippen LogP contribution in [0.3, 0.4) is 0 Å². The molecule has 1 saturated heterocycles. The maximum Gasteiger partial charge on any atom is 0.343 e. The average molecular weight is 782 g/mol. The van der Waals surface area contributed by atoms with Crippen LogP contribution in [-0.4, -0.2) is 24.5 Å². The summed E-state index contributed by atoms with van der Waals surface area (Å²) in [5, 5.41) is 0. The van der Waals surface area contributed by atoms with Crippen molar-refractivity contribution in [1.29, 1.82) is 0 Å². The maximum absolute atomic E-state index is 13.8. The van der Waals surface area contributed by atoms with Crippen molar-refractivity contribution in [1.82, 2.24) is 0 Å². The van der Waals surface area contributed by atoms with Crippen molar-refractivity contribution < 1.29 is 28.6 Å². The van der Waals surface area contributed by atoms with Gasteiger partial charge in [0.2, 0.25) is 0 Å². The number of rotatable bonds is 11. The molecule has 1 aliphatic rings. The fourth-order valence-electron chi connectivity index (χ4n) is 5.23. The fourth-order valence-corrected chi connectivity index (χ4v) is 6.68. The highest BCUT2D eigenvalue weighted by Gasteiger charge is 2.43. The largest absolute Gasteiger partial charge is 0.490 e. The van der Waals surface area contributed by atoms with Gasteiger partial charge in [-0.05, 0) is 110 Å². The first kappa shape index (κ1) is 33.7. The first-order valence-electron chi connectivity index (χ1n) is 15.4. The van der Waals surface area contributed by atoms with E-state index in [4.69, 9.17) is 14.2 Å². The van der Waals surface area contributed by atoms with Gasteiger partial charge in [0.1, 0.15) is 24.5 Å². The third-order valence-corrected chi connectivity index (χ3v) is 8.72. The molecule has 10 heteroatoms. The molecule has 5 aromatic rings. The lowest BCUT2D eigenvalue weighted by atomic mass is 10.0. The van der Waals surface area contributed by atoms with Crippen LogP contribution in [-0.2, 0) is 22.8 Å². The molecule has 5 aromatic carbocycles. The van der Waals surface area contributed by atoms with Crippen LogP contribution in [0.5, 0.6) is 17.2 Å². The van der Waals surface area contributed by atoms with Gasteiger partial charge >= 0.3 is 6.03 Å². The Labute approximate surface area is 300 Å². The van der Waals surface area contributed by atoms with Crippen molar-refractivity contribution in [2.24, 2.45) is 0 Å². The summed E-state index contributed by atoms with van der Waals surface area (Å²) in [6, 6.07) is 35.4. The van der Waals surface area contributed by atoms with Gasteiger partial charge in [-0.25, -0.2) is 14.6 Å². The van der Waals surface area contributed by atoms with E-state index < -0.39 is 17.8 Å². The molecule has 0 radical (unpaired) electrons. The van der Waals surface area contributed by atoms with Crippen LogP contribution in [0.15, 0.2) is 136 Å². The van der Waals surface area contributed by atoms with E-state index in [1.165, 1.54) is 6.08 Å². The number of carbonyl (C=O) groups is 3. The molecule has 49 heavy (non-hydrogen) atoms. The Morgan fingerprint density at radius 1 is 0.592 bits per heavy atom. The predicted molar refractivity (Wildman–Crippen MR) is 196 cm³/mol. The summed E-state index contributed by atoms with van der Waals surface area (Å²) >= 11 is 7.19. The highest BCUT2D eigenvalue weighted by atomic mass is 79.9. The van der Waals surface area contributed by atoms with E-state index in [-0.39, 0.29) is 12.2 Å². The van der Waals surface area contributed by atoms with Gasteiger partial charge in [-0.1, -0.05) is 72.8 Å². The quantitative estimate of drug-likeness (QED) is 0.0982. The Balaban J connectivity index is 1.24. The molecule has 246 valence electrons. The Hall–Kier alpha value is -5.19. The van der Waals surface area contributed by atoms with E-state index in [9.17, 15) is 14.4 Å². The molecule has 0 N–H and O–H groups in total. The van der Waals surface area contributed by atoms with Crippen LogP contribution in [0, 0.1) is 0 Å². The summed E-state index contributed by atoms with van der Waals surface area (Å²) < 4.78 is 19.3. The molecule has 0 spiro atoms. The number of amides is 4. The minimum absolute atomic E-state index is 0.169. The van der Waals surface area contributed by atoms with Crippen LogP contribution < -0.4 is 24.0 Å². The van der Waals surface area contributed by atoms with E-state index in [1.54, 1.807) is 72.8 Å². The number of imide groups is 2. The Morgan fingerprint density at radius 3 is 1.67 bits per heavy atom. The van der Waals surface area contributed by atoms with E-state index in [0.717, 1.165) is 20.9 Å². The molecule has 1 heterocycles. The first-order chi connectivity index (χ1) is 23.8. The van der Waals surface area contributed by atoms with Crippen molar-refractivity contribution in [2.75, 3.05) is 16.4 Å². The van der Waals surface area contributed by atoms with Gasteiger partial charge in [-0.2, -0.15) is 0 Å². The lowest BCUT2D eigenvalue weighted by molar-refractivity contribution is -0.121. The number of carbonyl (C=O) groups excluding carboxylic acids is 3. The SMILES string of the molecule is CCOc1cc(COc2c(Br)cc(C=C3C(=O)N(c4ccccc4)C(=O)N(c4ccccc4)C3=O)cc2Br)ccc1OCc1ccccc1. The molecule has 0 bridgehead atoms. The zero-order chi connectivity index (χ0) is 34.3. The first-order valence-corrected chi connectivity index (χ1v) is 17.0. The van der Waals surface area contributed by atoms with Crippen LogP contribution in [0.2, 0.25) is 0 Å². The molecule has 1 aliphatic heterocycles. The molecule has 0 aromatic heterocycles. The van der Waals surface area contributed by atoms with E-state index >= 15 is 0 Å². The van der Waals surface area contributed by atoms with Gasteiger partial charge in [0.05, 0.1) is 26.9 Å². The highest BCUT2D eigenvalue weighted by molar-refractivity contribution is 9.11. The summed E-state index contributed by atoms with van der Waals surface area (Å²) in [7, 11) is 0.